The second kappa shape index (κ2) is 9.70. The molecule has 1 heterocycles. The van der Waals surface area contributed by atoms with Gasteiger partial charge >= 0.3 is 0 Å². The lowest BCUT2D eigenvalue weighted by Gasteiger charge is -2.47. The largest absolute Gasteiger partial charge is 0.493 e. The zero-order chi connectivity index (χ0) is 20.9. The molecular weight excluding hydrogens is 368 g/mol. The van der Waals surface area contributed by atoms with Crippen LogP contribution in [0.2, 0.25) is 0 Å². The van der Waals surface area contributed by atoms with Gasteiger partial charge in [0, 0.05) is 0 Å². The van der Waals surface area contributed by atoms with Crippen LogP contribution in [0.4, 0.5) is 0 Å². The van der Waals surface area contributed by atoms with E-state index in [0.29, 0.717) is 17.2 Å². The number of piperidine rings is 1. The van der Waals surface area contributed by atoms with E-state index in [2.05, 4.69) is 10.2 Å². The summed E-state index contributed by atoms with van der Waals surface area (Å²) >= 11 is 0. The molecule has 1 amide bonds. The molecular formula is C23H36N2O4. The summed E-state index contributed by atoms with van der Waals surface area (Å²) in [6.07, 6.45) is 9.06. The monoisotopic (exact) mass is 404 g/mol. The van der Waals surface area contributed by atoms with Gasteiger partial charge in [0.05, 0.1) is 27.4 Å². The van der Waals surface area contributed by atoms with Gasteiger partial charge in [0.25, 0.3) is 0 Å². The molecule has 0 bridgehead atoms. The van der Waals surface area contributed by atoms with Gasteiger partial charge < -0.3 is 19.5 Å². The summed E-state index contributed by atoms with van der Waals surface area (Å²) < 4.78 is 16.4. The molecule has 1 aliphatic carbocycles. The van der Waals surface area contributed by atoms with Gasteiger partial charge in [0.15, 0.2) is 11.5 Å². The van der Waals surface area contributed by atoms with Crippen LogP contribution in [-0.4, -0.2) is 50.8 Å². The van der Waals surface area contributed by atoms with Crippen molar-refractivity contribution in [3.63, 3.8) is 0 Å². The fraction of sp³-hybridized carbons (Fsp3) is 0.696. The fourth-order valence-corrected chi connectivity index (χ4v) is 4.91. The Morgan fingerprint density at radius 3 is 2.00 bits per heavy atom. The second-order valence-corrected chi connectivity index (χ2v) is 8.29. The molecule has 1 aromatic rings. The van der Waals surface area contributed by atoms with Gasteiger partial charge in [0.1, 0.15) is 5.54 Å². The Kier molecular flexibility index (Phi) is 7.28. The first kappa shape index (κ1) is 21.8. The Morgan fingerprint density at radius 2 is 1.48 bits per heavy atom. The lowest BCUT2D eigenvalue weighted by molar-refractivity contribution is -0.137. The molecule has 0 spiro atoms. The summed E-state index contributed by atoms with van der Waals surface area (Å²) in [5.41, 5.74) is 0.588. The van der Waals surface area contributed by atoms with E-state index in [0.717, 1.165) is 44.3 Å². The van der Waals surface area contributed by atoms with Gasteiger partial charge in [0.2, 0.25) is 11.7 Å². The number of ether oxygens (including phenoxy) is 3. The Labute approximate surface area is 174 Å². The number of rotatable bonds is 7. The number of hydrogen-bond acceptors (Lipinski definition) is 5. The highest BCUT2D eigenvalue weighted by Crippen LogP contribution is 2.40. The number of nitrogens with zero attached hydrogens (tertiary/aromatic N) is 1. The lowest BCUT2D eigenvalue weighted by Crippen LogP contribution is -2.61. The van der Waals surface area contributed by atoms with Crippen LogP contribution in [-0.2, 0) is 4.79 Å². The molecule has 3 rings (SSSR count). The van der Waals surface area contributed by atoms with E-state index >= 15 is 0 Å². The molecule has 6 nitrogen and oxygen atoms in total. The highest BCUT2D eigenvalue weighted by atomic mass is 16.5. The van der Waals surface area contributed by atoms with Gasteiger partial charge in [-0.2, -0.15) is 0 Å². The van der Waals surface area contributed by atoms with E-state index in [-0.39, 0.29) is 17.5 Å². The molecule has 29 heavy (non-hydrogen) atoms. The van der Waals surface area contributed by atoms with E-state index in [1.165, 1.54) is 25.7 Å². The molecule has 1 saturated heterocycles. The number of amides is 1. The van der Waals surface area contributed by atoms with Crippen molar-refractivity contribution in [3.05, 3.63) is 17.7 Å². The highest BCUT2D eigenvalue weighted by Gasteiger charge is 2.45. The minimum atomic E-state index is -0.354. The van der Waals surface area contributed by atoms with Crippen molar-refractivity contribution in [2.75, 3.05) is 34.4 Å². The summed E-state index contributed by atoms with van der Waals surface area (Å²) in [4.78, 5) is 16.1. The average Bonchev–Trinajstić information content (AvgIpc) is 2.78. The van der Waals surface area contributed by atoms with Crippen LogP contribution in [0.3, 0.4) is 0 Å². The van der Waals surface area contributed by atoms with Crippen LogP contribution in [0.15, 0.2) is 12.1 Å². The van der Waals surface area contributed by atoms with Crippen molar-refractivity contribution < 1.29 is 19.0 Å². The van der Waals surface area contributed by atoms with Gasteiger partial charge in [-0.05, 0) is 63.4 Å². The van der Waals surface area contributed by atoms with E-state index in [1.807, 2.05) is 19.1 Å². The smallest absolute Gasteiger partial charge is 0.240 e. The quantitative estimate of drug-likeness (QED) is 0.742. The zero-order valence-corrected chi connectivity index (χ0v) is 18.4. The number of methoxy groups -OCH3 is 3. The minimum absolute atomic E-state index is 0.153. The maximum absolute atomic E-state index is 13.6. The first-order chi connectivity index (χ1) is 14.1. The predicted octanol–water partition coefficient (Wildman–Crippen LogP) is 4.08. The molecule has 1 saturated carbocycles. The molecule has 2 aliphatic rings. The SMILES string of the molecule is COc1cc(C(C)NC(=O)C2(N3CCCCC3)CCCCC2)cc(OC)c1OC. The molecule has 162 valence electrons. The number of likely N-dealkylation sites (tertiary alicyclic amines) is 1. The standard InChI is InChI=1S/C23H36N2O4/c1-17(18-15-19(27-2)21(29-4)20(16-18)28-3)24-22(26)23(11-7-5-8-12-23)25-13-9-6-10-14-25/h15-17H,5-14H2,1-4H3,(H,24,26). The van der Waals surface area contributed by atoms with Crippen molar-refractivity contribution >= 4 is 5.91 Å². The van der Waals surface area contributed by atoms with Crippen molar-refractivity contribution in [3.8, 4) is 17.2 Å². The van der Waals surface area contributed by atoms with Crippen LogP contribution in [0, 0.1) is 0 Å². The molecule has 0 radical (unpaired) electrons. The Morgan fingerprint density at radius 1 is 0.931 bits per heavy atom. The number of carbonyl (C=O) groups is 1. The van der Waals surface area contributed by atoms with Crippen molar-refractivity contribution in [2.45, 2.75) is 69.9 Å². The summed E-state index contributed by atoms with van der Waals surface area (Å²) in [5.74, 6) is 1.94. The number of benzene rings is 1. The molecule has 1 unspecified atom stereocenters. The predicted molar refractivity (Wildman–Crippen MR) is 114 cm³/mol. The van der Waals surface area contributed by atoms with E-state index in [4.69, 9.17) is 14.2 Å². The minimum Gasteiger partial charge on any atom is -0.493 e. The number of nitrogens with one attached hydrogen (secondary N) is 1. The van der Waals surface area contributed by atoms with Crippen LogP contribution >= 0.6 is 0 Å². The van der Waals surface area contributed by atoms with Crippen molar-refractivity contribution in [2.24, 2.45) is 0 Å². The van der Waals surface area contributed by atoms with Gasteiger partial charge in [-0.25, -0.2) is 0 Å². The first-order valence-electron chi connectivity index (χ1n) is 10.9. The fourth-order valence-electron chi connectivity index (χ4n) is 4.91. The normalized spacial score (nSPS) is 20.6. The number of hydrogen-bond donors (Lipinski definition) is 1. The maximum Gasteiger partial charge on any atom is 0.240 e. The van der Waals surface area contributed by atoms with Crippen molar-refractivity contribution in [1.29, 1.82) is 0 Å². The third-order valence-corrected chi connectivity index (χ3v) is 6.60. The van der Waals surface area contributed by atoms with Crippen LogP contribution in [0.25, 0.3) is 0 Å². The molecule has 1 aromatic carbocycles. The summed E-state index contributed by atoms with van der Waals surface area (Å²) in [7, 11) is 4.81. The van der Waals surface area contributed by atoms with Gasteiger partial charge in [-0.15, -0.1) is 0 Å². The number of carbonyl (C=O) groups excluding carboxylic acids is 1. The molecule has 1 atom stereocenters. The van der Waals surface area contributed by atoms with E-state index in [9.17, 15) is 4.79 Å². The molecule has 2 fully saturated rings. The van der Waals surface area contributed by atoms with E-state index in [1.54, 1.807) is 21.3 Å². The average molecular weight is 405 g/mol. The van der Waals surface area contributed by atoms with Gasteiger partial charge in [-0.3, -0.25) is 9.69 Å². The third-order valence-electron chi connectivity index (χ3n) is 6.60. The molecule has 1 N–H and O–H groups in total. The van der Waals surface area contributed by atoms with Crippen molar-refractivity contribution in [1.82, 2.24) is 10.2 Å². The molecule has 6 heteroatoms. The third kappa shape index (κ3) is 4.47. The summed E-state index contributed by atoms with van der Waals surface area (Å²) in [6, 6.07) is 3.68. The van der Waals surface area contributed by atoms with E-state index < -0.39 is 0 Å². The lowest BCUT2D eigenvalue weighted by atomic mass is 9.78. The first-order valence-corrected chi connectivity index (χ1v) is 10.9. The Balaban J connectivity index is 1.82. The van der Waals surface area contributed by atoms with Gasteiger partial charge in [-0.1, -0.05) is 25.7 Å². The highest BCUT2D eigenvalue weighted by molar-refractivity contribution is 5.87. The molecule has 1 aliphatic heterocycles. The summed E-state index contributed by atoms with van der Waals surface area (Å²) in [6.45, 7) is 4.09. The zero-order valence-electron chi connectivity index (χ0n) is 18.4. The Bertz CT molecular complexity index is 669. The topological polar surface area (TPSA) is 60.0 Å². The van der Waals surface area contributed by atoms with Crippen LogP contribution in [0.1, 0.15) is 69.9 Å². The van der Waals surface area contributed by atoms with Crippen LogP contribution < -0.4 is 19.5 Å². The molecule has 0 aromatic heterocycles. The van der Waals surface area contributed by atoms with Crippen LogP contribution in [0.5, 0.6) is 17.2 Å². The second-order valence-electron chi connectivity index (χ2n) is 8.29. The maximum atomic E-state index is 13.6. The summed E-state index contributed by atoms with van der Waals surface area (Å²) in [5, 5.41) is 3.31. The Hall–Kier alpha value is -1.95.